The van der Waals surface area contributed by atoms with Gasteiger partial charge in [0.25, 0.3) is 11.6 Å². The van der Waals surface area contributed by atoms with Gasteiger partial charge in [-0.15, -0.1) is 0 Å². The zero-order valence-corrected chi connectivity index (χ0v) is 16.1. The van der Waals surface area contributed by atoms with E-state index in [1.54, 1.807) is 52.0 Å². The summed E-state index contributed by atoms with van der Waals surface area (Å²) in [6, 6.07) is 7.65. The molecule has 28 heavy (non-hydrogen) atoms. The molecule has 2 N–H and O–H groups in total. The van der Waals surface area contributed by atoms with Crippen LogP contribution in [-0.2, 0) is 4.79 Å². The van der Waals surface area contributed by atoms with Gasteiger partial charge in [-0.25, -0.2) is 4.79 Å². The van der Waals surface area contributed by atoms with Crippen LogP contribution in [0.2, 0.25) is 0 Å². The van der Waals surface area contributed by atoms with Crippen molar-refractivity contribution in [2.24, 2.45) is 0 Å². The standard InChI is InChI=1S/C20H22N2O6/c1-11-5-6-15(9-17(11)22(26)27)14(4)21-20(25)16-7-12(2)19(13(3)8-16)28-10-18(23)24/h5-9,14H,10H2,1-4H3,(H,21,25)(H,23,24). The molecule has 0 radical (unpaired) electrons. The van der Waals surface area contributed by atoms with Crippen LogP contribution in [0.4, 0.5) is 5.69 Å². The number of hydrogen-bond acceptors (Lipinski definition) is 5. The van der Waals surface area contributed by atoms with Gasteiger partial charge < -0.3 is 15.2 Å². The van der Waals surface area contributed by atoms with Crippen molar-refractivity contribution in [1.29, 1.82) is 0 Å². The Bertz CT molecular complexity index is 915. The highest BCUT2D eigenvalue weighted by Crippen LogP contribution is 2.26. The molecule has 0 saturated heterocycles. The Morgan fingerprint density at radius 2 is 1.75 bits per heavy atom. The molecule has 8 nitrogen and oxygen atoms in total. The van der Waals surface area contributed by atoms with E-state index in [-0.39, 0.29) is 11.6 Å². The molecule has 0 aromatic heterocycles. The zero-order chi connectivity index (χ0) is 21.0. The number of ether oxygens (including phenoxy) is 1. The summed E-state index contributed by atoms with van der Waals surface area (Å²) in [5, 5.41) is 22.7. The number of carbonyl (C=O) groups excluding carboxylic acids is 1. The number of hydrogen-bond donors (Lipinski definition) is 2. The van der Waals surface area contributed by atoms with Crippen LogP contribution < -0.4 is 10.1 Å². The fraction of sp³-hybridized carbons (Fsp3) is 0.300. The molecule has 2 rings (SSSR count). The van der Waals surface area contributed by atoms with E-state index in [4.69, 9.17) is 9.84 Å². The average Bonchev–Trinajstić information content (AvgIpc) is 2.60. The van der Waals surface area contributed by atoms with Gasteiger partial charge in [0.2, 0.25) is 0 Å². The third-order valence-corrected chi connectivity index (χ3v) is 4.34. The van der Waals surface area contributed by atoms with Crippen LogP contribution in [0, 0.1) is 30.9 Å². The number of carbonyl (C=O) groups is 2. The molecule has 2 aromatic rings. The number of carboxylic acid groups (broad SMARTS) is 1. The van der Waals surface area contributed by atoms with Crippen LogP contribution in [0.15, 0.2) is 30.3 Å². The topological polar surface area (TPSA) is 119 Å². The highest BCUT2D eigenvalue weighted by molar-refractivity contribution is 5.95. The highest BCUT2D eigenvalue weighted by atomic mass is 16.6. The molecule has 1 unspecified atom stereocenters. The van der Waals surface area contributed by atoms with Crippen molar-refractivity contribution < 1.29 is 24.4 Å². The van der Waals surface area contributed by atoms with E-state index in [1.165, 1.54) is 6.07 Å². The summed E-state index contributed by atoms with van der Waals surface area (Å²) in [5.74, 6) is -0.991. The van der Waals surface area contributed by atoms with Crippen molar-refractivity contribution >= 4 is 17.6 Å². The number of nitro groups is 1. The maximum Gasteiger partial charge on any atom is 0.341 e. The van der Waals surface area contributed by atoms with Crippen molar-refractivity contribution in [2.75, 3.05) is 6.61 Å². The Balaban J connectivity index is 2.19. The predicted octanol–water partition coefficient (Wildman–Crippen LogP) is 3.47. The number of aliphatic carboxylic acids is 1. The van der Waals surface area contributed by atoms with E-state index in [0.717, 1.165) is 0 Å². The van der Waals surface area contributed by atoms with Crippen LogP contribution in [0.5, 0.6) is 5.75 Å². The van der Waals surface area contributed by atoms with Gasteiger partial charge in [0.15, 0.2) is 6.61 Å². The smallest absolute Gasteiger partial charge is 0.341 e. The first-order valence-electron chi connectivity index (χ1n) is 8.61. The maximum atomic E-state index is 12.6. The summed E-state index contributed by atoms with van der Waals surface area (Å²) in [6.07, 6.45) is 0. The molecule has 148 valence electrons. The first-order valence-corrected chi connectivity index (χ1v) is 8.61. The lowest BCUT2D eigenvalue weighted by molar-refractivity contribution is -0.385. The number of nitrogens with zero attached hydrogens (tertiary/aromatic N) is 1. The monoisotopic (exact) mass is 386 g/mol. The van der Waals surface area contributed by atoms with Gasteiger partial charge in [0.05, 0.1) is 11.0 Å². The van der Waals surface area contributed by atoms with Gasteiger partial charge in [0, 0.05) is 17.2 Å². The number of rotatable bonds is 7. The molecular weight excluding hydrogens is 364 g/mol. The molecule has 0 spiro atoms. The second-order valence-corrected chi connectivity index (χ2v) is 6.62. The number of carboxylic acids is 1. The Morgan fingerprint density at radius 1 is 1.14 bits per heavy atom. The summed E-state index contributed by atoms with van der Waals surface area (Å²) >= 11 is 0. The van der Waals surface area contributed by atoms with E-state index < -0.39 is 23.5 Å². The summed E-state index contributed by atoms with van der Waals surface area (Å²) in [4.78, 5) is 34.0. The molecule has 0 aliphatic heterocycles. The minimum Gasteiger partial charge on any atom is -0.481 e. The van der Waals surface area contributed by atoms with Crippen LogP contribution in [0.25, 0.3) is 0 Å². The zero-order valence-electron chi connectivity index (χ0n) is 16.1. The number of amides is 1. The minimum absolute atomic E-state index is 0.00483. The van der Waals surface area contributed by atoms with E-state index in [0.29, 0.717) is 33.6 Å². The Kier molecular flexibility index (Phi) is 6.35. The van der Waals surface area contributed by atoms with Gasteiger partial charge in [-0.3, -0.25) is 14.9 Å². The van der Waals surface area contributed by atoms with Crippen molar-refractivity contribution in [3.05, 3.63) is 68.3 Å². The third kappa shape index (κ3) is 4.85. The summed E-state index contributed by atoms with van der Waals surface area (Å²) < 4.78 is 5.27. The fourth-order valence-electron chi connectivity index (χ4n) is 2.90. The number of benzene rings is 2. The Labute approximate surface area is 162 Å². The fourth-order valence-corrected chi connectivity index (χ4v) is 2.90. The van der Waals surface area contributed by atoms with Crippen LogP contribution in [0.3, 0.4) is 0 Å². The molecule has 0 aliphatic rings. The van der Waals surface area contributed by atoms with Crippen molar-refractivity contribution in [3.8, 4) is 5.75 Å². The predicted molar refractivity (Wildman–Crippen MR) is 103 cm³/mol. The first-order chi connectivity index (χ1) is 13.1. The van der Waals surface area contributed by atoms with Crippen LogP contribution in [-0.4, -0.2) is 28.5 Å². The molecule has 0 bridgehead atoms. The molecule has 2 aromatic carbocycles. The van der Waals surface area contributed by atoms with Crippen LogP contribution in [0.1, 0.15) is 45.6 Å². The quantitative estimate of drug-likeness (QED) is 0.555. The number of aryl methyl sites for hydroxylation is 3. The van der Waals surface area contributed by atoms with Gasteiger partial charge in [-0.05, 0) is 56.5 Å². The average molecular weight is 386 g/mol. The van der Waals surface area contributed by atoms with Gasteiger partial charge in [-0.1, -0.05) is 12.1 Å². The third-order valence-electron chi connectivity index (χ3n) is 4.34. The van der Waals surface area contributed by atoms with Gasteiger partial charge >= 0.3 is 5.97 Å². The lowest BCUT2D eigenvalue weighted by Crippen LogP contribution is -2.27. The molecular formula is C20H22N2O6. The van der Waals surface area contributed by atoms with E-state index in [1.807, 2.05) is 0 Å². The molecule has 1 amide bonds. The van der Waals surface area contributed by atoms with E-state index in [2.05, 4.69) is 5.32 Å². The molecule has 1 atom stereocenters. The normalized spacial score (nSPS) is 11.6. The number of nitrogens with one attached hydrogen (secondary N) is 1. The van der Waals surface area contributed by atoms with Crippen molar-refractivity contribution in [2.45, 2.75) is 33.7 Å². The molecule has 0 saturated carbocycles. The summed E-state index contributed by atoms with van der Waals surface area (Å²) in [7, 11) is 0. The molecule has 0 aliphatic carbocycles. The SMILES string of the molecule is Cc1ccc(C(C)NC(=O)c2cc(C)c(OCC(=O)O)c(C)c2)cc1[N+](=O)[O-]. The van der Waals surface area contributed by atoms with Gasteiger partial charge in [-0.2, -0.15) is 0 Å². The van der Waals surface area contributed by atoms with Gasteiger partial charge in [0.1, 0.15) is 5.75 Å². The first kappa shape index (κ1) is 20.9. The second-order valence-electron chi connectivity index (χ2n) is 6.62. The molecule has 8 heteroatoms. The highest BCUT2D eigenvalue weighted by Gasteiger charge is 2.18. The largest absolute Gasteiger partial charge is 0.481 e. The second kappa shape index (κ2) is 8.51. The number of nitro benzene ring substituents is 1. The molecule has 0 heterocycles. The summed E-state index contributed by atoms with van der Waals surface area (Å²) in [6.45, 7) is 6.40. The minimum atomic E-state index is -1.08. The lowest BCUT2D eigenvalue weighted by atomic mass is 10.0. The Morgan fingerprint density at radius 3 is 2.29 bits per heavy atom. The van der Waals surface area contributed by atoms with E-state index in [9.17, 15) is 19.7 Å². The van der Waals surface area contributed by atoms with Crippen molar-refractivity contribution in [3.63, 3.8) is 0 Å². The molecule has 0 fully saturated rings. The summed E-state index contributed by atoms with van der Waals surface area (Å²) in [5.41, 5.74) is 2.86. The Hall–Kier alpha value is -3.42. The maximum absolute atomic E-state index is 12.6. The van der Waals surface area contributed by atoms with Crippen LogP contribution >= 0.6 is 0 Å². The lowest BCUT2D eigenvalue weighted by Gasteiger charge is -2.17. The van der Waals surface area contributed by atoms with E-state index >= 15 is 0 Å². The van der Waals surface area contributed by atoms with Crippen molar-refractivity contribution in [1.82, 2.24) is 5.32 Å².